The van der Waals surface area contributed by atoms with Gasteiger partial charge in [-0.1, -0.05) is 59.7 Å². The average molecular weight is 771 g/mol. The minimum Gasteiger partial charge on any atom is -0.463 e. The number of nitrogens with zero attached hydrogens (tertiary/aromatic N) is 8. The normalized spacial score (nSPS) is 13.6. The molecule has 0 saturated heterocycles. The number of amides is 1. The summed E-state index contributed by atoms with van der Waals surface area (Å²) in [6.07, 6.45) is 9.52. The van der Waals surface area contributed by atoms with Gasteiger partial charge in [-0.3, -0.25) is 19.0 Å². The molecule has 1 saturated carbocycles. The van der Waals surface area contributed by atoms with Crippen molar-refractivity contribution in [2.45, 2.75) is 44.2 Å². The number of carbonyl (C=O) groups is 2. The number of anilines is 1. The van der Waals surface area contributed by atoms with Gasteiger partial charge in [0, 0.05) is 59.9 Å². The maximum absolute atomic E-state index is 14.6. The highest BCUT2D eigenvalue weighted by atomic mass is 16.5. The molecule has 14 heteroatoms. The molecular formula is C44H38N10O4. The van der Waals surface area contributed by atoms with Gasteiger partial charge in [0.05, 0.1) is 23.2 Å². The summed E-state index contributed by atoms with van der Waals surface area (Å²) in [5, 5.41) is 18.1. The fourth-order valence-electron chi connectivity index (χ4n) is 7.53. The molecule has 9 rings (SSSR count). The van der Waals surface area contributed by atoms with Gasteiger partial charge in [0.1, 0.15) is 12.2 Å². The summed E-state index contributed by atoms with van der Waals surface area (Å²) in [6.45, 7) is 2.00. The number of esters is 1. The molecule has 0 radical (unpaired) electrons. The van der Waals surface area contributed by atoms with E-state index in [2.05, 4.69) is 60.4 Å². The zero-order chi connectivity index (χ0) is 40.0. The highest BCUT2D eigenvalue weighted by Gasteiger charge is 2.47. The van der Waals surface area contributed by atoms with E-state index in [9.17, 15) is 14.4 Å². The largest absolute Gasteiger partial charge is 0.463 e. The third-order valence-corrected chi connectivity index (χ3v) is 10.7. The van der Waals surface area contributed by atoms with Gasteiger partial charge in [-0.05, 0) is 79.5 Å². The maximum Gasteiger partial charge on any atom is 0.306 e. The van der Waals surface area contributed by atoms with Gasteiger partial charge in [0.15, 0.2) is 17.2 Å². The van der Waals surface area contributed by atoms with Gasteiger partial charge < -0.3 is 20.4 Å². The van der Waals surface area contributed by atoms with Crippen molar-refractivity contribution in [1.82, 2.24) is 44.0 Å². The molecule has 5 heterocycles. The van der Waals surface area contributed by atoms with Gasteiger partial charge in [-0.2, -0.15) is 0 Å². The third kappa shape index (κ3) is 6.62. The Bertz CT molecular complexity index is 3020. The number of nitrogens with one attached hydrogen (secondary N) is 1. The van der Waals surface area contributed by atoms with Crippen LogP contribution in [0, 0.1) is 11.8 Å². The number of aromatic nitrogens is 8. The minimum absolute atomic E-state index is 0.0462. The topological polar surface area (TPSA) is 169 Å². The highest BCUT2D eigenvalue weighted by Crippen LogP contribution is 2.43. The summed E-state index contributed by atoms with van der Waals surface area (Å²) in [5.74, 6) is 5.57. The molecule has 14 nitrogen and oxygen atoms in total. The first kappa shape index (κ1) is 36.1. The van der Waals surface area contributed by atoms with Gasteiger partial charge in [0.25, 0.3) is 11.5 Å². The molecule has 1 atom stereocenters. The smallest absolute Gasteiger partial charge is 0.306 e. The molecular weight excluding hydrogens is 733 g/mol. The molecule has 0 bridgehead atoms. The number of pyridine rings is 1. The van der Waals surface area contributed by atoms with E-state index >= 15 is 0 Å². The van der Waals surface area contributed by atoms with E-state index in [1.807, 2.05) is 67.7 Å². The molecule has 8 aromatic rings. The second-order valence-corrected chi connectivity index (χ2v) is 14.6. The standard InChI is InChI=1S/C44H38N10O4/c1-28(47-42(56)39-40(45)49-52-23-9-22-46-41(39)52)36-24-30-11-8-10-29(38(30)43(57)54(36)33-12-4-3-5-13-33)16-18-32-26-53(50-48-32)44(20-21-44)27-58-37(55)19-17-31-25-51(2)35-15-7-6-14-34(31)35/h3-15,22-26,28H,17,19-21,27H2,1-2H3,(H2,45,49)(H,47,56)/t28-/m0/s1. The number of para-hydroxylation sites is 2. The van der Waals surface area contributed by atoms with Gasteiger partial charge in [0.2, 0.25) is 0 Å². The molecule has 1 amide bonds. The summed E-state index contributed by atoms with van der Waals surface area (Å²) in [5.41, 5.74) is 10.2. The Morgan fingerprint density at radius 3 is 2.64 bits per heavy atom. The summed E-state index contributed by atoms with van der Waals surface area (Å²) in [7, 11) is 2.00. The van der Waals surface area contributed by atoms with Crippen molar-refractivity contribution in [2.24, 2.45) is 7.05 Å². The second kappa shape index (κ2) is 14.5. The molecule has 58 heavy (non-hydrogen) atoms. The van der Waals surface area contributed by atoms with Crippen molar-refractivity contribution >= 4 is 45.0 Å². The number of hydrogen-bond donors (Lipinski definition) is 2. The van der Waals surface area contributed by atoms with E-state index in [0.29, 0.717) is 45.5 Å². The van der Waals surface area contributed by atoms with E-state index in [-0.39, 0.29) is 35.9 Å². The van der Waals surface area contributed by atoms with Gasteiger partial charge in [-0.25, -0.2) is 14.2 Å². The van der Waals surface area contributed by atoms with Crippen LogP contribution in [0.4, 0.5) is 5.82 Å². The number of nitrogens with two attached hydrogens (primary N) is 1. The van der Waals surface area contributed by atoms with Crippen LogP contribution in [0.1, 0.15) is 65.1 Å². The second-order valence-electron chi connectivity index (χ2n) is 14.6. The Morgan fingerprint density at radius 1 is 1.00 bits per heavy atom. The number of fused-ring (bicyclic) bond motifs is 3. The molecule has 1 fully saturated rings. The predicted octanol–water partition coefficient (Wildman–Crippen LogP) is 5.25. The zero-order valence-corrected chi connectivity index (χ0v) is 31.8. The number of ether oxygens (including phenoxy) is 1. The summed E-state index contributed by atoms with van der Waals surface area (Å²) < 4.78 is 12.6. The molecule has 0 aliphatic heterocycles. The van der Waals surface area contributed by atoms with E-state index in [4.69, 9.17) is 10.5 Å². The van der Waals surface area contributed by atoms with Crippen LogP contribution in [0.3, 0.4) is 0 Å². The van der Waals surface area contributed by atoms with Crippen molar-refractivity contribution in [2.75, 3.05) is 12.3 Å². The number of carbonyl (C=O) groups excluding carboxylic acids is 2. The van der Waals surface area contributed by atoms with Crippen LogP contribution in [0.15, 0.2) is 115 Å². The Kier molecular flexibility index (Phi) is 9.04. The average Bonchev–Trinajstić information content (AvgIpc) is 3.55. The quantitative estimate of drug-likeness (QED) is 0.139. The predicted molar refractivity (Wildman–Crippen MR) is 218 cm³/mol. The Hall–Kier alpha value is -7.53. The lowest BCUT2D eigenvalue weighted by atomic mass is 10.0. The van der Waals surface area contributed by atoms with Crippen LogP contribution in [0.2, 0.25) is 0 Å². The van der Waals surface area contributed by atoms with Crippen LogP contribution in [0.5, 0.6) is 0 Å². The first-order valence-electron chi connectivity index (χ1n) is 19.0. The Labute approximate surface area is 331 Å². The van der Waals surface area contributed by atoms with E-state index < -0.39 is 17.5 Å². The Balaban J connectivity index is 0.950. The molecule has 5 aromatic heterocycles. The van der Waals surface area contributed by atoms with Crippen LogP contribution in [-0.2, 0) is 28.5 Å². The lowest BCUT2D eigenvalue weighted by Gasteiger charge is -2.21. The monoisotopic (exact) mass is 770 g/mol. The molecule has 1 aliphatic rings. The highest BCUT2D eigenvalue weighted by molar-refractivity contribution is 6.04. The zero-order valence-electron chi connectivity index (χ0n) is 31.8. The van der Waals surface area contributed by atoms with Crippen LogP contribution < -0.4 is 16.6 Å². The summed E-state index contributed by atoms with van der Waals surface area (Å²) in [4.78, 5) is 45.3. The van der Waals surface area contributed by atoms with Crippen LogP contribution >= 0.6 is 0 Å². The fraction of sp³-hybridized carbons (Fsp3) is 0.205. The fourth-order valence-corrected chi connectivity index (χ4v) is 7.53. The number of nitrogen functional groups attached to an aromatic ring is 1. The van der Waals surface area contributed by atoms with Crippen molar-refractivity contribution < 1.29 is 14.3 Å². The lowest BCUT2D eigenvalue weighted by Crippen LogP contribution is -2.32. The van der Waals surface area contributed by atoms with Crippen molar-refractivity contribution in [1.29, 1.82) is 0 Å². The number of rotatable bonds is 10. The molecule has 0 unspecified atom stereocenters. The van der Waals surface area contributed by atoms with Crippen LogP contribution in [0.25, 0.3) is 33.0 Å². The Morgan fingerprint density at radius 2 is 1.81 bits per heavy atom. The number of hydrogen-bond acceptors (Lipinski definition) is 9. The van der Waals surface area contributed by atoms with E-state index in [1.165, 1.54) is 4.52 Å². The van der Waals surface area contributed by atoms with Crippen LogP contribution in [-0.4, -0.2) is 57.2 Å². The number of benzene rings is 3. The minimum atomic E-state index is -0.633. The van der Waals surface area contributed by atoms with Crippen molar-refractivity contribution in [3.63, 3.8) is 0 Å². The maximum atomic E-state index is 14.6. The molecule has 0 spiro atoms. The van der Waals surface area contributed by atoms with Crippen molar-refractivity contribution in [3.05, 3.63) is 148 Å². The molecule has 3 aromatic carbocycles. The molecule has 1 aliphatic carbocycles. The number of aryl methyl sites for hydroxylation is 2. The first-order valence-corrected chi connectivity index (χ1v) is 19.0. The van der Waals surface area contributed by atoms with E-state index in [1.54, 1.807) is 46.9 Å². The summed E-state index contributed by atoms with van der Waals surface area (Å²) in [6, 6.07) is 25.8. The SMILES string of the molecule is C[C@H](NC(=O)c1c(N)nn2cccnc12)c1cc2cccc(C#Cc3cn(C4(COC(=O)CCc5cn(C)c6ccccc56)CC4)nn3)c2c(=O)n1-c1ccccc1. The lowest BCUT2D eigenvalue weighted by molar-refractivity contribution is -0.145. The molecule has 3 N–H and O–H groups in total. The first-order chi connectivity index (χ1) is 28.2. The van der Waals surface area contributed by atoms with Gasteiger partial charge >= 0.3 is 5.97 Å². The van der Waals surface area contributed by atoms with E-state index in [0.717, 1.165) is 29.3 Å². The molecule has 288 valence electrons. The van der Waals surface area contributed by atoms with Crippen molar-refractivity contribution in [3.8, 4) is 17.5 Å². The van der Waals surface area contributed by atoms with Gasteiger partial charge in [-0.15, -0.1) is 10.2 Å². The third-order valence-electron chi connectivity index (χ3n) is 10.7. The summed E-state index contributed by atoms with van der Waals surface area (Å²) >= 11 is 0.